The Morgan fingerprint density at radius 3 is 2.37 bits per heavy atom. The van der Waals surface area contributed by atoms with Gasteiger partial charge in [0.15, 0.2) is 0 Å². The number of benzene rings is 1. The van der Waals surface area contributed by atoms with Crippen LogP contribution >= 0.6 is 0 Å². The van der Waals surface area contributed by atoms with Crippen LogP contribution in [0.25, 0.3) is 0 Å². The summed E-state index contributed by atoms with van der Waals surface area (Å²) in [7, 11) is 1.32. The Morgan fingerprint density at radius 2 is 2.00 bits per heavy atom. The fourth-order valence-electron chi connectivity index (χ4n) is 2.39. The molecule has 0 heterocycles. The molecule has 1 aliphatic carbocycles. The van der Waals surface area contributed by atoms with Crippen molar-refractivity contribution in [1.29, 1.82) is 0 Å². The highest BCUT2D eigenvalue weighted by atomic mass is 19.4. The smallest absolute Gasteiger partial charge is 0.416 e. The topological polar surface area (TPSA) is 46.5 Å². The molecule has 1 aromatic carbocycles. The summed E-state index contributed by atoms with van der Waals surface area (Å²) >= 11 is 0. The van der Waals surface area contributed by atoms with Gasteiger partial charge in [0.1, 0.15) is 5.75 Å². The van der Waals surface area contributed by atoms with E-state index >= 15 is 0 Å². The first-order valence-electron chi connectivity index (χ1n) is 5.80. The van der Waals surface area contributed by atoms with Gasteiger partial charge in [0.2, 0.25) is 0 Å². The van der Waals surface area contributed by atoms with Gasteiger partial charge in [-0.2, -0.15) is 13.2 Å². The SMILES string of the molecule is COc1ccc(C(F)(F)F)cc1C1(C(=O)O)CCC1. The minimum absolute atomic E-state index is 0.114. The maximum absolute atomic E-state index is 12.7. The van der Waals surface area contributed by atoms with Crippen molar-refractivity contribution in [3.05, 3.63) is 29.3 Å². The Balaban J connectivity index is 2.57. The van der Waals surface area contributed by atoms with Gasteiger partial charge in [0.05, 0.1) is 18.1 Å². The fourth-order valence-corrected chi connectivity index (χ4v) is 2.39. The van der Waals surface area contributed by atoms with Crippen LogP contribution in [0.2, 0.25) is 0 Å². The van der Waals surface area contributed by atoms with Crippen molar-refractivity contribution in [2.45, 2.75) is 30.9 Å². The van der Waals surface area contributed by atoms with E-state index in [0.717, 1.165) is 12.1 Å². The summed E-state index contributed by atoms with van der Waals surface area (Å²) < 4.78 is 43.2. The van der Waals surface area contributed by atoms with Crippen LogP contribution in [0.15, 0.2) is 18.2 Å². The number of hydrogen-bond donors (Lipinski definition) is 1. The minimum atomic E-state index is -4.50. The Labute approximate surface area is 108 Å². The third-order valence-corrected chi connectivity index (χ3v) is 3.66. The van der Waals surface area contributed by atoms with E-state index in [1.54, 1.807) is 0 Å². The first-order valence-corrected chi connectivity index (χ1v) is 5.80. The molecule has 0 aliphatic heterocycles. The van der Waals surface area contributed by atoms with E-state index < -0.39 is 23.1 Å². The van der Waals surface area contributed by atoms with E-state index in [9.17, 15) is 23.1 Å². The summed E-state index contributed by atoms with van der Waals surface area (Å²) in [6, 6.07) is 2.98. The largest absolute Gasteiger partial charge is 0.496 e. The van der Waals surface area contributed by atoms with Crippen LogP contribution in [0.5, 0.6) is 5.75 Å². The predicted octanol–water partition coefficient (Wildman–Crippen LogP) is 3.22. The standard InChI is InChI=1S/C13H13F3O3/c1-19-10-4-3-8(13(14,15)16)7-9(10)12(11(17)18)5-2-6-12/h3-4,7H,2,5-6H2,1H3,(H,17,18). The van der Waals surface area contributed by atoms with Crippen molar-refractivity contribution >= 4 is 5.97 Å². The van der Waals surface area contributed by atoms with Gasteiger partial charge >= 0.3 is 12.1 Å². The predicted molar refractivity (Wildman–Crippen MR) is 61.2 cm³/mol. The lowest BCUT2D eigenvalue weighted by molar-refractivity contribution is -0.148. The van der Waals surface area contributed by atoms with Crippen LogP contribution in [0.1, 0.15) is 30.4 Å². The third kappa shape index (κ3) is 2.15. The number of hydrogen-bond acceptors (Lipinski definition) is 2. The minimum Gasteiger partial charge on any atom is -0.496 e. The number of aliphatic carboxylic acids is 1. The van der Waals surface area contributed by atoms with Crippen molar-refractivity contribution in [2.24, 2.45) is 0 Å². The van der Waals surface area contributed by atoms with Crippen LogP contribution in [-0.2, 0) is 16.4 Å². The number of methoxy groups -OCH3 is 1. The van der Waals surface area contributed by atoms with Gasteiger partial charge in [-0.15, -0.1) is 0 Å². The Bertz CT molecular complexity index is 504. The molecule has 0 unspecified atom stereocenters. The zero-order chi connectivity index (χ0) is 14.3. The molecule has 1 fully saturated rings. The van der Waals surface area contributed by atoms with Gasteiger partial charge in [-0.1, -0.05) is 6.42 Å². The van der Waals surface area contributed by atoms with Crippen molar-refractivity contribution < 1.29 is 27.8 Å². The van der Waals surface area contributed by atoms with E-state index in [1.165, 1.54) is 13.2 Å². The average molecular weight is 274 g/mol. The van der Waals surface area contributed by atoms with E-state index in [4.69, 9.17) is 4.74 Å². The molecule has 1 saturated carbocycles. The molecule has 1 aliphatic rings. The zero-order valence-corrected chi connectivity index (χ0v) is 10.3. The first-order chi connectivity index (χ1) is 8.81. The number of alkyl halides is 3. The second kappa shape index (κ2) is 4.43. The maximum atomic E-state index is 12.7. The molecule has 2 rings (SSSR count). The number of halogens is 3. The Hall–Kier alpha value is -1.72. The summed E-state index contributed by atoms with van der Waals surface area (Å²) in [6.45, 7) is 0. The summed E-state index contributed by atoms with van der Waals surface area (Å²) in [6.07, 6.45) is -3.14. The van der Waals surface area contributed by atoms with Crippen molar-refractivity contribution in [1.82, 2.24) is 0 Å². The van der Waals surface area contributed by atoms with Gasteiger partial charge in [-0.25, -0.2) is 0 Å². The molecule has 19 heavy (non-hydrogen) atoms. The normalized spacial score (nSPS) is 17.7. The summed E-state index contributed by atoms with van der Waals surface area (Å²) in [5.41, 5.74) is -1.98. The summed E-state index contributed by atoms with van der Waals surface area (Å²) in [5, 5.41) is 9.31. The highest BCUT2D eigenvalue weighted by molar-refractivity contribution is 5.83. The number of carboxylic acid groups (broad SMARTS) is 1. The van der Waals surface area contributed by atoms with Crippen LogP contribution in [0.4, 0.5) is 13.2 Å². The molecular weight excluding hydrogens is 261 g/mol. The van der Waals surface area contributed by atoms with Crippen LogP contribution in [0, 0.1) is 0 Å². The lowest BCUT2D eigenvalue weighted by Gasteiger charge is -2.39. The molecule has 0 saturated heterocycles. The maximum Gasteiger partial charge on any atom is 0.416 e. The van der Waals surface area contributed by atoms with E-state index in [1.807, 2.05) is 0 Å². The molecule has 0 spiro atoms. The van der Waals surface area contributed by atoms with Gasteiger partial charge in [0.25, 0.3) is 0 Å². The van der Waals surface area contributed by atoms with Gasteiger partial charge in [0, 0.05) is 5.56 Å². The number of ether oxygens (including phenoxy) is 1. The van der Waals surface area contributed by atoms with E-state index in [2.05, 4.69) is 0 Å². The number of carboxylic acids is 1. The lowest BCUT2D eigenvalue weighted by atomic mass is 9.64. The quantitative estimate of drug-likeness (QED) is 0.920. The highest BCUT2D eigenvalue weighted by Crippen LogP contribution is 2.48. The molecule has 0 radical (unpaired) electrons. The van der Waals surface area contributed by atoms with E-state index in [0.29, 0.717) is 19.3 Å². The number of rotatable bonds is 3. The van der Waals surface area contributed by atoms with Crippen LogP contribution in [0.3, 0.4) is 0 Å². The molecule has 1 aromatic rings. The third-order valence-electron chi connectivity index (χ3n) is 3.66. The second-order valence-electron chi connectivity index (χ2n) is 4.65. The molecule has 104 valence electrons. The summed E-state index contributed by atoms with van der Waals surface area (Å²) in [4.78, 5) is 11.4. The van der Waals surface area contributed by atoms with Crippen LogP contribution < -0.4 is 4.74 Å². The molecule has 6 heteroatoms. The molecule has 0 bridgehead atoms. The first kappa shape index (κ1) is 13.7. The molecule has 0 aromatic heterocycles. The fraction of sp³-hybridized carbons (Fsp3) is 0.462. The molecule has 0 amide bonds. The van der Waals surface area contributed by atoms with E-state index in [-0.39, 0.29) is 11.3 Å². The zero-order valence-electron chi connectivity index (χ0n) is 10.3. The molecule has 0 atom stereocenters. The average Bonchev–Trinajstić information content (AvgIpc) is 2.25. The van der Waals surface area contributed by atoms with Crippen molar-refractivity contribution in [3.8, 4) is 5.75 Å². The highest BCUT2D eigenvalue weighted by Gasteiger charge is 2.48. The Kier molecular flexibility index (Phi) is 3.20. The van der Waals surface area contributed by atoms with Gasteiger partial charge in [-0.05, 0) is 31.0 Å². The summed E-state index contributed by atoms with van der Waals surface area (Å²) in [5.74, 6) is -0.911. The molecular formula is C13H13F3O3. The van der Waals surface area contributed by atoms with Crippen molar-refractivity contribution in [3.63, 3.8) is 0 Å². The molecule has 1 N–H and O–H groups in total. The van der Waals surface area contributed by atoms with Gasteiger partial charge in [-0.3, -0.25) is 4.79 Å². The van der Waals surface area contributed by atoms with Crippen LogP contribution in [-0.4, -0.2) is 18.2 Å². The second-order valence-corrected chi connectivity index (χ2v) is 4.65. The van der Waals surface area contributed by atoms with Gasteiger partial charge < -0.3 is 9.84 Å². The molecule has 3 nitrogen and oxygen atoms in total. The Morgan fingerprint density at radius 1 is 1.37 bits per heavy atom. The monoisotopic (exact) mass is 274 g/mol. The lowest BCUT2D eigenvalue weighted by Crippen LogP contribution is -2.42. The van der Waals surface area contributed by atoms with Crippen molar-refractivity contribution in [2.75, 3.05) is 7.11 Å². The number of carbonyl (C=O) groups is 1.